The van der Waals surface area contributed by atoms with Crippen LogP contribution in [-0.2, 0) is 10.0 Å². The van der Waals surface area contributed by atoms with Crippen LogP contribution in [0.4, 0.5) is 0 Å². The number of amides is 1. The van der Waals surface area contributed by atoms with E-state index in [4.69, 9.17) is 22.5 Å². The number of nitrogens with two attached hydrogens (primary N) is 2. The molecule has 0 aliphatic carbocycles. The van der Waals surface area contributed by atoms with Crippen LogP contribution in [0.3, 0.4) is 0 Å². The van der Waals surface area contributed by atoms with Crippen LogP contribution >= 0.6 is 11.6 Å². The molecule has 0 fully saturated rings. The third-order valence-corrected chi connectivity index (χ3v) is 6.95. The van der Waals surface area contributed by atoms with Gasteiger partial charge in [-0.05, 0) is 43.7 Å². The van der Waals surface area contributed by atoms with Crippen molar-refractivity contribution in [2.45, 2.75) is 24.3 Å². The molecule has 12 nitrogen and oxygen atoms in total. The molecule has 2 aromatic heterocycles. The second-order valence-corrected chi connectivity index (χ2v) is 10.0. The van der Waals surface area contributed by atoms with Crippen LogP contribution in [0.1, 0.15) is 29.5 Å². The molecule has 0 unspecified atom stereocenters. The Morgan fingerprint density at radius 3 is 2.72 bits per heavy atom. The molecule has 0 spiro atoms. The summed E-state index contributed by atoms with van der Waals surface area (Å²) in [4.78, 5) is 37.5. The summed E-state index contributed by atoms with van der Waals surface area (Å²) in [6.45, 7) is 2.03. The van der Waals surface area contributed by atoms with E-state index < -0.39 is 22.0 Å². The van der Waals surface area contributed by atoms with Gasteiger partial charge in [0.05, 0.1) is 16.6 Å². The van der Waals surface area contributed by atoms with E-state index in [1.807, 2.05) is 0 Å². The molecule has 14 heteroatoms. The number of hydrogen-bond donors (Lipinski definition) is 3. The molecule has 3 aromatic rings. The second kappa shape index (κ2) is 9.68. The van der Waals surface area contributed by atoms with Crippen LogP contribution in [0.15, 0.2) is 68.8 Å². The van der Waals surface area contributed by atoms with Crippen molar-refractivity contribution < 1.29 is 13.2 Å². The summed E-state index contributed by atoms with van der Waals surface area (Å²) in [5.74, 6) is -0.539. The van der Waals surface area contributed by atoms with Crippen LogP contribution < -0.4 is 16.4 Å². The summed E-state index contributed by atoms with van der Waals surface area (Å²) >= 11 is 6.14. The molecule has 5 N–H and O–H groups in total. The first kappa shape index (κ1) is 25.3. The molecule has 4 rings (SSSR count). The summed E-state index contributed by atoms with van der Waals surface area (Å²) in [6.07, 6.45) is 3.12. The molecule has 0 radical (unpaired) electrons. The normalized spacial score (nSPS) is 16.9. The van der Waals surface area contributed by atoms with Crippen LogP contribution in [0.2, 0.25) is 5.02 Å². The first-order valence-electron chi connectivity index (χ1n) is 10.7. The van der Waals surface area contributed by atoms with E-state index >= 15 is 0 Å². The maximum absolute atomic E-state index is 13.2. The van der Waals surface area contributed by atoms with Gasteiger partial charge in [0, 0.05) is 41.6 Å². The number of nitrogens with one attached hydrogen (secondary N) is 1. The zero-order valence-corrected chi connectivity index (χ0v) is 20.9. The molecule has 3 heterocycles. The van der Waals surface area contributed by atoms with Gasteiger partial charge < -0.3 is 15.6 Å². The highest BCUT2D eigenvalue weighted by molar-refractivity contribution is 7.89. The maximum Gasteiger partial charge on any atom is 0.294 e. The van der Waals surface area contributed by atoms with E-state index in [2.05, 4.69) is 20.1 Å². The Kier molecular flexibility index (Phi) is 6.80. The number of aliphatic imine (C=N–C) groups is 1. The van der Waals surface area contributed by atoms with Gasteiger partial charge in [0.1, 0.15) is 12.0 Å². The summed E-state index contributed by atoms with van der Waals surface area (Å²) in [5.41, 5.74) is 8.23. The number of carbonyl (C=O) groups excluding carboxylic acids is 1. The van der Waals surface area contributed by atoms with Crippen molar-refractivity contribution in [2.75, 3.05) is 13.6 Å². The maximum atomic E-state index is 13.2. The Bertz CT molecular complexity index is 1570. The molecule has 1 amide bonds. The van der Waals surface area contributed by atoms with E-state index in [0.717, 1.165) is 0 Å². The number of H-pyrrole nitrogens is 1. The van der Waals surface area contributed by atoms with E-state index in [9.17, 15) is 18.0 Å². The van der Waals surface area contributed by atoms with Crippen LogP contribution in [0.5, 0.6) is 0 Å². The van der Waals surface area contributed by atoms with Crippen molar-refractivity contribution in [2.24, 2.45) is 15.9 Å². The van der Waals surface area contributed by atoms with E-state index in [0.29, 0.717) is 29.0 Å². The highest BCUT2D eigenvalue weighted by Gasteiger charge is 2.33. The summed E-state index contributed by atoms with van der Waals surface area (Å²) in [7, 11) is -2.44. The first-order chi connectivity index (χ1) is 17.0. The predicted molar refractivity (Wildman–Crippen MR) is 134 cm³/mol. The number of halogens is 1. The number of aromatic amines is 1. The van der Waals surface area contributed by atoms with E-state index in [1.54, 1.807) is 32.2 Å². The van der Waals surface area contributed by atoms with Crippen molar-refractivity contribution in [3.8, 4) is 5.69 Å². The van der Waals surface area contributed by atoms with Crippen molar-refractivity contribution >= 4 is 33.2 Å². The number of nitrogens with zero attached hydrogens (tertiary/aromatic N) is 5. The van der Waals surface area contributed by atoms with Crippen molar-refractivity contribution in [3.63, 3.8) is 0 Å². The topological polar surface area (TPSA) is 182 Å². The molecule has 1 aromatic carbocycles. The van der Waals surface area contributed by atoms with Crippen LogP contribution in [0, 0.1) is 0 Å². The van der Waals surface area contributed by atoms with E-state index in [1.165, 1.54) is 34.2 Å². The van der Waals surface area contributed by atoms with E-state index in [-0.39, 0.29) is 33.5 Å². The van der Waals surface area contributed by atoms with Gasteiger partial charge >= 0.3 is 0 Å². The monoisotopic (exact) mass is 530 g/mol. The Balaban J connectivity index is 1.63. The number of rotatable bonds is 5. The van der Waals surface area contributed by atoms with Gasteiger partial charge in [0.15, 0.2) is 0 Å². The fraction of sp³-hybridized carbons (Fsp3) is 0.227. The minimum atomic E-state index is -3.99. The van der Waals surface area contributed by atoms with Gasteiger partial charge in [-0.3, -0.25) is 14.6 Å². The number of pyridine rings is 1. The lowest BCUT2D eigenvalue weighted by atomic mass is 9.92. The SMILES string of the molecule is CN=C(C1=C(N)[C@@H](C)N(C(=O)c2ncn(-c3ccc[nH]c3=O)n2)CC1)c1cc(Cl)cc(S(N)(=O)=O)c1. The molecule has 1 aliphatic rings. The lowest BCUT2D eigenvalue weighted by Crippen LogP contribution is -2.47. The molecule has 0 saturated heterocycles. The van der Waals surface area contributed by atoms with Crippen LogP contribution in [0.25, 0.3) is 5.69 Å². The standard InChI is InChI=1S/C22H23ClN8O4S/c1-12-18(24)16(19(26-2)13-8-14(23)10-15(9-13)36(25,34)35)5-7-30(12)22(33)20-28-11-31(29-20)17-4-3-6-27-21(17)32/h3-4,6,8-12H,5,7,24H2,1-2H3,(H,27,32)(H2,25,34,35)/t12-/m1/s1. The van der Waals surface area contributed by atoms with Gasteiger partial charge in [-0.2, -0.15) is 0 Å². The molecular formula is C22H23ClN8O4S. The zero-order chi connectivity index (χ0) is 26.2. The number of hydrogen-bond acceptors (Lipinski definition) is 8. The number of primary sulfonamides is 1. The lowest BCUT2D eigenvalue weighted by Gasteiger charge is -2.35. The highest BCUT2D eigenvalue weighted by atomic mass is 35.5. The fourth-order valence-corrected chi connectivity index (χ4v) is 4.91. The number of sulfonamides is 1. The minimum Gasteiger partial charge on any atom is -0.400 e. The Labute approximate surface area is 211 Å². The molecular weight excluding hydrogens is 508 g/mol. The molecule has 1 atom stereocenters. The highest BCUT2D eigenvalue weighted by Crippen LogP contribution is 2.28. The van der Waals surface area contributed by atoms with Gasteiger partial charge in [-0.1, -0.05) is 11.6 Å². The van der Waals surface area contributed by atoms with Gasteiger partial charge in [-0.15, -0.1) is 5.10 Å². The van der Waals surface area contributed by atoms with Gasteiger partial charge in [0.25, 0.3) is 11.5 Å². The van der Waals surface area contributed by atoms with Gasteiger partial charge in [-0.25, -0.2) is 23.2 Å². The molecule has 36 heavy (non-hydrogen) atoms. The van der Waals surface area contributed by atoms with Crippen molar-refractivity contribution in [1.29, 1.82) is 0 Å². The summed E-state index contributed by atoms with van der Waals surface area (Å²) in [5, 5.41) is 9.62. The third-order valence-electron chi connectivity index (χ3n) is 5.84. The third kappa shape index (κ3) is 4.80. The number of benzene rings is 1. The molecule has 1 aliphatic heterocycles. The Morgan fingerprint density at radius 2 is 2.06 bits per heavy atom. The molecule has 188 valence electrons. The molecule has 0 saturated carbocycles. The average Bonchev–Trinajstić information content (AvgIpc) is 3.31. The van der Waals surface area contributed by atoms with Crippen molar-refractivity contribution in [1.82, 2.24) is 24.6 Å². The Morgan fingerprint density at radius 1 is 1.31 bits per heavy atom. The van der Waals surface area contributed by atoms with Crippen LogP contribution in [-0.4, -0.2) is 64.3 Å². The second-order valence-electron chi connectivity index (χ2n) is 8.05. The lowest BCUT2D eigenvalue weighted by molar-refractivity contribution is 0.0694. The fourth-order valence-electron chi connectivity index (χ4n) is 4.02. The largest absolute Gasteiger partial charge is 0.400 e. The van der Waals surface area contributed by atoms with Crippen molar-refractivity contribution in [3.05, 3.63) is 80.9 Å². The number of carbonyl (C=O) groups is 1. The zero-order valence-electron chi connectivity index (χ0n) is 19.3. The predicted octanol–water partition coefficient (Wildman–Crippen LogP) is 0.823. The Hall–Kier alpha value is -3.81. The average molecular weight is 531 g/mol. The molecule has 0 bridgehead atoms. The summed E-state index contributed by atoms with van der Waals surface area (Å²) in [6, 6.07) is 6.86. The quantitative estimate of drug-likeness (QED) is 0.408. The van der Waals surface area contributed by atoms with Gasteiger partial charge in [0.2, 0.25) is 15.8 Å². The smallest absolute Gasteiger partial charge is 0.294 e. The summed E-state index contributed by atoms with van der Waals surface area (Å²) < 4.78 is 25.0. The first-order valence-corrected chi connectivity index (χ1v) is 12.6. The minimum absolute atomic E-state index is 0.0848. The number of aromatic nitrogens is 4.